The van der Waals surface area contributed by atoms with Gasteiger partial charge in [-0.1, -0.05) is 23.2 Å². The molecule has 0 aliphatic heterocycles. The highest BCUT2D eigenvalue weighted by molar-refractivity contribution is 6.37. The van der Waals surface area contributed by atoms with E-state index in [2.05, 4.69) is 4.98 Å². The number of carbonyl (C=O) groups excluding carboxylic acids is 1. The van der Waals surface area contributed by atoms with Crippen molar-refractivity contribution in [2.45, 2.75) is 0 Å². The lowest BCUT2D eigenvalue weighted by Crippen LogP contribution is -2.07. The first-order valence-electron chi connectivity index (χ1n) is 4.55. The largest absolute Gasteiger partial charge is 0.331 e. The fraction of sp³-hybridized carbons (Fsp3) is 0.0909. The van der Waals surface area contributed by atoms with E-state index in [0.717, 1.165) is 0 Å². The van der Waals surface area contributed by atoms with E-state index in [-0.39, 0.29) is 5.78 Å². The lowest BCUT2D eigenvalue weighted by molar-refractivity contribution is 0.103. The van der Waals surface area contributed by atoms with Gasteiger partial charge in [-0.15, -0.1) is 0 Å². The van der Waals surface area contributed by atoms with Crippen molar-refractivity contribution >= 4 is 29.0 Å². The van der Waals surface area contributed by atoms with Gasteiger partial charge in [-0.25, -0.2) is 4.98 Å². The van der Waals surface area contributed by atoms with Crippen LogP contribution in [0, 0.1) is 0 Å². The third-order valence-electron chi connectivity index (χ3n) is 2.23. The van der Waals surface area contributed by atoms with Gasteiger partial charge in [0.25, 0.3) is 0 Å². The number of halogens is 2. The zero-order valence-corrected chi connectivity index (χ0v) is 9.96. The van der Waals surface area contributed by atoms with Gasteiger partial charge in [-0.05, 0) is 18.2 Å². The Balaban J connectivity index is 2.46. The number of ketones is 1. The molecule has 82 valence electrons. The molecule has 1 aromatic heterocycles. The molecule has 0 saturated carbocycles. The number of nitrogens with zero attached hydrogens (tertiary/aromatic N) is 2. The van der Waals surface area contributed by atoms with E-state index in [0.29, 0.717) is 21.3 Å². The van der Waals surface area contributed by atoms with Crippen LogP contribution in [0.1, 0.15) is 16.1 Å². The summed E-state index contributed by atoms with van der Waals surface area (Å²) in [6.45, 7) is 0. The van der Waals surface area contributed by atoms with Crippen molar-refractivity contribution in [2.24, 2.45) is 7.05 Å². The molecule has 5 heteroatoms. The maximum Gasteiger partial charge on any atom is 0.212 e. The van der Waals surface area contributed by atoms with Crippen molar-refractivity contribution < 1.29 is 4.79 Å². The summed E-state index contributed by atoms with van der Waals surface area (Å²) in [5.41, 5.74) is 0.916. The van der Waals surface area contributed by atoms with E-state index < -0.39 is 0 Å². The van der Waals surface area contributed by atoms with Crippen molar-refractivity contribution in [1.29, 1.82) is 0 Å². The molecule has 2 rings (SSSR count). The molecule has 3 nitrogen and oxygen atoms in total. The topological polar surface area (TPSA) is 34.9 Å². The first-order valence-corrected chi connectivity index (χ1v) is 5.31. The molecule has 0 aliphatic carbocycles. The molecule has 0 unspecified atom stereocenters. The second-order valence-corrected chi connectivity index (χ2v) is 4.19. The Bertz CT molecular complexity index is 549. The molecular weight excluding hydrogens is 247 g/mol. The number of carbonyl (C=O) groups is 1. The zero-order chi connectivity index (χ0) is 11.7. The molecule has 0 fully saturated rings. The van der Waals surface area contributed by atoms with E-state index in [1.54, 1.807) is 36.1 Å². The molecular formula is C11H8Cl2N2O. The maximum absolute atomic E-state index is 12.1. The second-order valence-electron chi connectivity index (χ2n) is 3.34. The van der Waals surface area contributed by atoms with Gasteiger partial charge >= 0.3 is 0 Å². The number of hydrogen-bond donors (Lipinski definition) is 0. The van der Waals surface area contributed by atoms with Crippen LogP contribution in [-0.4, -0.2) is 15.3 Å². The molecule has 2 aromatic rings. The van der Waals surface area contributed by atoms with Crippen LogP contribution in [0.25, 0.3) is 0 Å². The van der Waals surface area contributed by atoms with Gasteiger partial charge in [0.2, 0.25) is 5.78 Å². The summed E-state index contributed by atoms with van der Waals surface area (Å²) in [6, 6.07) is 4.80. The molecule has 0 atom stereocenters. The minimum atomic E-state index is -0.165. The first kappa shape index (κ1) is 11.2. The smallest absolute Gasteiger partial charge is 0.212 e. The summed E-state index contributed by atoms with van der Waals surface area (Å²) in [5.74, 6) is -0.165. The van der Waals surface area contributed by atoms with Crippen LogP contribution in [0.3, 0.4) is 0 Å². The monoisotopic (exact) mass is 254 g/mol. The van der Waals surface area contributed by atoms with Gasteiger partial charge in [0.05, 0.1) is 17.5 Å². The minimum absolute atomic E-state index is 0.165. The lowest BCUT2D eigenvalue weighted by atomic mass is 10.1. The van der Waals surface area contributed by atoms with Gasteiger partial charge < -0.3 is 4.57 Å². The molecule has 1 heterocycles. The SMILES string of the molecule is Cn1cncc1C(=O)c1ccc(Cl)cc1Cl. The average Bonchev–Trinajstić information content (AvgIpc) is 2.63. The normalized spacial score (nSPS) is 10.4. The summed E-state index contributed by atoms with van der Waals surface area (Å²) >= 11 is 11.7. The quantitative estimate of drug-likeness (QED) is 0.773. The maximum atomic E-state index is 12.1. The van der Waals surface area contributed by atoms with Gasteiger partial charge in [0.15, 0.2) is 0 Å². The third-order valence-corrected chi connectivity index (χ3v) is 2.77. The highest BCUT2D eigenvalue weighted by Crippen LogP contribution is 2.23. The molecule has 0 bridgehead atoms. The third kappa shape index (κ3) is 1.96. The number of aryl methyl sites for hydroxylation is 1. The van der Waals surface area contributed by atoms with E-state index in [9.17, 15) is 4.79 Å². The highest BCUT2D eigenvalue weighted by atomic mass is 35.5. The van der Waals surface area contributed by atoms with E-state index in [1.807, 2.05) is 0 Å². The zero-order valence-electron chi connectivity index (χ0n) is 8.45. The van der Waals surface area contributed by atoms with Crippen molar-refractivity contribution in [1.82, 2.24) is 9.55 Å². The average molecular weight is 255 g/mol. The summed E-state index contributed by atoms with van der Waals surface area (Å²) in [4.78, 5) is 16.0. The number of rotatable bonds is 2. The molecule has 0 spiro atoms. The summed E-state index contributed by atoms with van der Waals surface area (Å²) < 4.78 is 1.65. The molecule has 0 saturated heterocycles. The Morgan fingerprint density at radius 2 is 2.12 bits per heavy atom. The molecule has 0 radical (unpaired) electrons. The molecule has 0 N–H and O–H groups in total. The van der Waals surface area contributed by atoms with Gasteiger partial charge in [-0.2, -0.15) is 0 Å². The van der Waals surface area contributed by atoms with Crippen molar-refractivity contribution in [2.75, 3.05) is 0 Å². The van der Waals surface area contributed by atoms with Crippen LogP contribution in [0.2, 0.25) is 10.0 Å². The van der Waals surface area contributed by atoms with Crippen LogP contribution in [0.5, 0.6) is 0 Å². The second kappa shape index (κ2) is 4.28. The molecule has 0 amide bonds. The van der Waals surface area contributed by atoms with Crippen LogP contribution >= 0.6 is 23.2 Å². The minimum Gasteiger partial charge on any atom is -0.331 e. The van der Waals surface area contributed by atoms with E-state index in [1.165, 1.54) is 6.20 Å². The van der Waals surface area contributed by atoms with Crippen LogP contribution in [0.15, 0.2) is 30.7 Å². The van der Waals surface area contributed by atoms with E-state index in [4.69, 9.17) is 23.2 Å². The fourth-order valence-electron chi connectivity index (χ4n) is 1.39. The predicted molar refractivity (Wildman–Crippen MR) is 63.1 cm³/mol. The number of hydrogen-bond acceptors (Lipinski definition) is 2. The Labute approximate surface area is 103 Å². The number of benzene rings is 1. The Hall–Kier alpha value is -1.32. The standard InChI is InChI=1S/C11H8Cl2N2O/c1-15-6-14-5-10(15)11(16)8-3-2-7(12)4-9(8)13/h2-6H,1H3. The van der Waals surface area contributed by atoms with Crippen molar-refractivity contribution in [3.8, 4) is 0 Å². The fourth-order valence-corrected chi connectivity index (χ4v) is 1.88. The van der Waals surface area contributed by atoms with Gasteiger partial charge in [0, 0.05) is 17.6 Å². The van der Waals surface area contributed by atoms with E-state index >= 15 is 0 Å². The number of aromatic nitrogens is 2. The van der Waals surface area contributed by atoms with Crippen LogP contribution < -0.4 is 0 Å². The predicted octanol–water partition coefficient (Wildman–Crippen LogP) is 2.96. The van der Waals surface area contributed by atoms with Gasteiger partial charge in [0.1, 0.15) is 5.69 Å². The van der Waals surface area contributed by atoms with Crippen molar-refractivity contribution in [3.63, 3.8) is 0 Å². The highest BCUT2D eigenvalue weighted by Gasteiger charge is 2.15. The summed E-state index contributed by atoms with van der Waals surface area (Å²) in [7, 11) is 1.75. The molecule has 1 aromatic carbocycles. The van der Waals surface area contributed by atoms with Crippen molar-refractivity contribution in [3.05, 3.63) is 52.0 Å². The van der Waals surface area contributed by atoms with Crippen LogP contribution in [0.4, 0.5) is 0 Å². The Kier molecular flexibility index (Phi) is 2.99. The summed E-state index contributed by atoms with van der Waals surface area (Å²) in [6.07, 6.45) is 3.07. The lowest BCUT2D eigenvalue weighted by Gasteiger charge is -2.04. The van der Waals surface area contributed by atoms with Gasteiger partial charge in [-0.3, -0.25) is 4.79 Å². The Morgan fingerprint density at radius 3 is 2.69 bits per heavy atom. The van der Waals surface area contributed by atoms with Crippen LogP contribution in [-0.2, 0) is 7.05 Å². The Morgan fingerprint density at radius 1 is 1.38 bits per heavy atom. The summed E-state index contributed by atoms with van der Waals surface area (Å²) in [5, 5.41) is 0.852. The molecule has 16 heavy (non-hydrogen) atoms. The molecule has 0 aliphatic rings. The number of imidazole rings is 1. The first-order chi connectivity index (χ1) is 7.59.